The molecule has 6 heteroatoms. The SMILES string of the molecule is CCCn1cnnc1CN(C)C(=O)c1ccoc1C. The lowest BCUT2D eigenvalue weighted by Gasteiger charge is -2.16. The molecule has 2 rings (SSSR count). The Bertz CT molecular complexity index is 558. The summed E-state index contributed by atoms with van der Waals surface area (Å²) in [5.74, 6) is 1.35. The van der Waals surface area contributed by atoms with Crippen LogP contribution in [0.2, 0.25) is 0 Å². The molecule has 2 aromatic heterocycles. The Labute approximate surface area is 112 Å². The van der Waals surface area contributed by atoms with Gasteiger partial charge >= 0.3 is 0 Å². The van der Waals surface area contributed by atoms with Gasteiger partial charge in [-0.25, -0.2) is 0 Å². The van der Waals surface area contributed by atoms with Gasteiger partial charge < -0.3 is 13.9 Å². The van der Waals surface area contributed by atoms with E-state index in [0.29, 0.717) is 17.9 Å². The lowest BCUT2D eigenvalue weighted by Crippen LogP contribution is -2.28. The third-order valence-corrected chi connectivity index (χ3v) is 2.97. The summed E-state index contributed by atoms with van der Waals surface area (Å²) in [6.07, 6.45) is 4.22. The number of hydrogen-bond acceptors (Lipinski definition) is 4. The first-order valence-electron chi connectivity index (χ1n) is 6.29. The van der Waals surface area contributed by atoms with Crippen molar-refractivity contribution in [1.29, 1.82) is 0 Å². The lowest BCUT2D eigenvalue weighted by atomic mass is 10.2. The molecule has 0 atom stereocenters. The summed E-state index contributed by atoms with van der Waals surface area (Å²) < 4.78 is 7.12. The van der Waals surface area contributed by atoms with E-state index in [2.05, 4.69) is 17.1 Å². The molecule has 0 aromatic carbocycles. The second kappa shape index (κ2) is 5.69. The van der Waals surface area contributed by atoms with Gasteiger partial charge in [-0.05, 0) is 19.4 Å². The minimum absolute atomic E-state index is 0.0719. The number of carbonyl (C=O) groups excluding carboxylic acids is 1. The standard InChI is InChI=1S/C13H18N4O2/c1-4-6-17-9-14-15-12(17)8-16(3)13(18)11-5-7-19-10(11)2/h5,7,9H,4,6,8H2,1-3H3. The lowest BCUT2D eigenvalue weighted by molar-refractivity contribution is 0.0778. The maximum atomic E-state index is 12.2. The Morgan fingerprint density at radius 2 is 2.32 bits per heavy atom. The zero-order chi connectivity index (χ0) is 13.8. The molecular formula is C13H18N4O2. The molecule has 0 bridgehead atoms. The third kappa shape index (κ3) is 2.83. The van der Waals surface area contributed by atoms with Gasteiger partial charge in [0.1, 0.15) is 12.1 Å². The van der Waals surface area contributed by atoms with Crippen LogP contribution >= 0.6 is 0 Å². The average Bonchev–Trinajstić information content (AvgIpc) is 2.99. The molecule has 0 radical (unpaired) electrons. The first-order valence-corrected chi connectivity index (χ1v) is 6.29. The van der Waals surface area contributed by atoms with Gasteiger partial charge in [0.2, 0.25) is 0 Å². The summed E-state index contributed by atoms with van der Waals surface area (Å²) in [5.41, 5.74) is 0.587. The van der Waals surface area contributed by atoms with E-state index in [9.17, 15) is 4.79 Å². The molecule has 102 valence electrons. The highest BCUT2D eigenvalue weighted by molar-refractivity contribution is 5.94. The molecule has 0 N–H and O–H groups in total. The summed E-state index contributed by atoms with van der Waals surface area (Å²) >= 11 is 0. The van der Waals surface area contributed by atoms with E-state index < -0.39 is 0 Å². The Hall–Kier alpha value is -2.11. The number of amides is 1. The highest BCUT2D eigenvalue weighted by atomic mass is 16.3. The average molecular weight is 262 g/mol. The zero-order valence-electron chi connectivity index (χ0n) is 11.5. The van der Waals surface area contributed by atoms with Crippen LogP contribution in [0.15, 0.2) is 23.1 Å². The van der Waals surface area contributed by atoms with E-state index >= 15 is 0 Å². The van der Waals surface area contributed by atoms with Gasteiger partial charge in [0.25, 0.3) is 5.91 Å². The predicted octanol–water partition coefficient (Wildman–Crippen LogP) is 1.86. The topological polar surface area (TPSA) is 64.2 Å². The number of aryl methyl sites for hydroxylation is 2. The highest BCUT2D eigenvalue weighted by Gasteiger charge is 2.18. The molecule has 0 fully saturated rings. The van der Waals surface area contributed by atoms with Gasteiger partial charge in [0, 0.05) is 13.6 Å². The molecule has 0 aliphatic rings. The Morgan fingerprint density at radius 3 is 2.95 bits per heavy atom. The van der Waals surface area contributed by atoms with Crippen molar-refractivity contribution in [3.63, 3.8) is 0 Å². The molecule has 0 unspecified atom stereocenters. The summed E-state index contributed by atoms with van der Waals surface area (Å²) in [6.45, 7) is 5.16. The van der Waals surface area contributed by atoms with E-state index in [0.717, 1.165) is 18.8 Å². The zero-order valence-corrected chi connectivity index (χ0v) is 11.5. The van der Waals surface area contributed by atoms with Crippen molar-refractivity contribution < 1.29 is 9.21 Å². The van der Waals surface area contributed by atoms with Gasteiger partial charge in [-0.15, -0.1) is 10.2 Å². The second-order valence-electron chi connectivity index (χ2n) is 4.49. The van der Waals surface area contributed by atoms with Crippen LogP contribution in [0.3, 0.4) is 0 Å². The van der Waals surface area contributed by atoms with E-state index in [1.54, 1.807) is 31.3 Å². The molecule has 0 spiro atoms. The molecule has 2 aromatic rings. The molecular weight excluding hydrogens is 244 g/mol. The number of carbonyl (C=O) groups is 1. The van der Waals surface area contributed by atoms with Crippen LogP contribution in [-0.2, 0) is 13.1 Å². The summed E-state index contributed by atoms with van der Waals surface area (Å²) in [5, 5.41) is 7.95. The van der Waals surface area contributed by atoms with E-state index in [-0.39, 0.29) is 5.91 Å². The van der Waals surface area contributed by atoms with Crippen LogP contribution in [0.1, 0.15) is 35.3 Å². The number of aromatic nitrogens is 3. The van der Waals surface area contributed by atoms with Gasteiger partial charge in [0.05, 0.1) is 18.4 Å². The Kier molecular flexibility index (Phi) is 3.99. The van der Waals surface area contributed by atoms with Crippen molar-refractivity contribution in [1.82, 2.24) is 19.7 Å². The quantitative estimate of drug-likeness (QED) is 0.825. The Morgan fingerprint density at radius 1 is 1.53 bits per heavy atom. The fraction of sp³-hybridized carbons (Fsp3) is 0.462. The summed E-state index contributed by atoms with van der Waals surface area (Å²) in [7, 11) is 1.75. The van der Waals surface area contributed by atoms with Gasteiger partial charge in [-0.3, -0.25) is 4.79 Å². The normalized spacial score (nSPS) is 10.7. The Balaban J connectivity index is 2.08. The summed E-state index contributed by atoms with van der Waals surface area (Å²) in [6, 6.07) is 1.69. The first kappa shape index (κ1) is 13.3. The maximum absolute atomic E-state index is 12.2. The van der Waals surface area contributed by atoms with Crippen molar-refractivity contribution >= 4 is 5.91 Å². The smallest absolute Gasteiger partial charge is 0.257 e. The molecule has 6 nitrogen and oxygen atoms in total. The molecule has 19 heavy (non-hydrogen) atoms. The van der Waals surface area contributed by atoms with Crippen LogP contribution in [0, 0.1) is 6.92 Å². The van der Waals surface area contributed by atoms with E-state index in [1.165, 1.54) is 6.26 Å². The fourth-order valence-electron chi connectivity index (χ4n) is 1.93. The van der Waals surface area contributed by atoms with Gasteiger partial charge in [0.15, 0.2) is 5.82 Å². The van der Waals surface area contributed by atoms with Crippen molar-refractivity contribution in [3.05, 3.63) is 35.8 Å². The third-order valence-electron chi connectivity index (χ3n) is 2.97. The monoisotopic (exact) mass is 262 g/mol. The van der Waals surface area contributed by atoms with Crippen molar-refractivity contribution in [2.24, 2.45) is 0 Å². The molecule has 0 saturated heterocycles. The van der Waals surface area contributed by atoms with Crippen molar-refractivity contribution in [3.8, 4) is 0 Å². The molecule has 1 amide bonds. The van der Waals surface area contributed by atoms with E-state index in [1.807, 2.05) is 4.57 Å². The molecule has 2 heterocycles. The minimum atomic E-state index is -0.0719. The predicted molar refractivity (Wildman–Crippen MR) is 69.6 cm³/mol. The van der Waals surface area contributed by atoms with Crippen LogP contribution in [-0.4, -0.2) is 32.6 Å². The van der Waals surface area contributed by atoms with Crippen molar-refractivity contribution in [2.75, 3.05) is 7.05 Å². The fourth-order valence-corrected chi connectivity index (χ4v) is 1.93. The maximum Gasteiger partial charge on any atom is 0.257 e. The van der Waals surface area contributed by atoms with Crippen LogP contribution in [0.25, 0.3) is 0 Å². The van der Waals surface area contributed by atoms with Gasteiger partial charge in [-0.2, -0.15) is 0 Å². The highest BCUT2D eigenvalue weighted by Crippen LogP contribution is 2.12. The van der Waals surface area contributed by atoms with Crippen LogP contribution < -0.4 is 0 Å². The summed E-state index contributed by atoms with van der Waals surface area (Å²) in [4.78, 5) is 13.8. The van der Waals surface area contributed by atoms with E-state index in [4.69, 9.17) is 4.42 Å². The number of rotatable bonds is 5. The second-order valence-corrected chi connectivity index (χ2v) is 4.49. The number of nitrogens with zero attached hydrogens (tertiary/aromatic N) is 4. The number of hydrogen-bond donors (Lipinski definition) is 0. The van der Waals surface area contributed by atoms with Crippen molar-refractivity contribution in [2.45, 2.75) is 33.4 Å². The molecule has 0 aliphatic carbocycles. The van der Waals surface area contributed by atoms with Crippen LogP contribution in [0.5, 0.6) is 0 Å². The molecule has 0 saturated carbocycles. The number of furan rings is 1. The van der Waals surface area contributed by atoms with Crippen LogP contribution in [0.4, 0.5) is 0 Å². The van der Waals surface area contributed by atoms with Gasteiger partial charge in [-0.1, -0.05) is 6.92 Å². The largest absolute Gasteiger partial charge is 0.469 e. The molecule has 0 aliphatic heterocycles. The first-order chi connectivity index (χ1) is 9.13. The minimum Gasteiger partial charge on any atom is -0.469 e.